The SMILES string of the molecule is CCN(CCCl)C(C)Oc1ccc2ccccc2c1. The number of nitrogens with zero attached hydrogens (tertiary/aromatic N) is 1. The number of rotatable bonds is 6. The highest BCUT2D eigenvalue weighted by molar-refractivity contribution is 6.18. The zero-order valence-corrected chi connectivity index (χ0v) is 12.2. The summed E-state index contributed by atoms with van der Waals surface area (Å²) in [6.07, 6.45) is 0.0323. The Morgan fingerprint density at radius 2 is 1.89 bits per heavy atom. The van der Waals surface area contributed by atoms with Gasteiger partial charge in [0.15, 0.2) is 0 Å². The molecule has 0 N–H and O–H groups in total. The lowest BCUT2D eigenvalue weighted by molar-refractivity contribution is 0.0488. The Morgan fingerprint density at radius 3 is 2.58 bits per heavy atom. The second-order valence-electron chi connectivity index (χ2n) is 4.54. The van der Waals surface area contributed by atoms with Gasteiger partial charge >= 0.3 is 0 Å². The summed E-state index contributed by atoms with van der Waals surface area (Å²) in [4.78, 5) is 2.21. The van der Waals surface area contributed by atoms with Crippen molar-refractivity contribution in [3.8, 4) is 5.75 Å². The number of ether oxygens (including phenoxy) is 1. The largest absolute Gasteiger partial charge is 0.475 e. The van der Waals surface area contributed by atoms with Gasteiger partial charge in [0.1, 0.15) is 12.0 Å². The molecule has 0 radical (unpaired) electrons. The lowest BCUT2D eigenvalue weighted by Gasteiger charge is -2.27. The first kappa shape index (κ1) is 14.2. The number of hydrogen-bond donors (Lipinski definition) is 0. The molecule has 0 saturated carbocycles. The zero-order valence-electron chi connectivity index (χ0n) is 11.5. The highest BCUT2D eigenvalue weighted by Crippen LogP contribution is 2.21. The van der Waals surface area contributed by atoms with Gasteiger partial charge in [-0.25, -0.2) is 0 Å². The van der Waals surface area contributed by atoms with Crippen molar-refractivity contribution in [3.05, 3.63) is 42.5 Å². The minimum absolute atomic E-state index is 0.0323. The van der Waals surface area contributed by atoms with E-state index < -0.39 is 0 Å². The Hall–Kier alpha value is -1.25. The van der Waals surface area contributed by atoms with Crippen molar-refractivity contribution in [3.63, 3.8) is 0 Å². The predicted octanol–water partition coefficient (Wildman–Crippen LogP) is 4.13. The van der Waals surface area contributed by atoms with Crippen LogP contribution >= 0.6 is 11.6 Å². The summed E-state index contributed by atoms with van der Waals surface area (Å²) in [5, 5.41) is 2.43. The smallest absolute Gasteiger partial charge is 0.149 e. The minimum atomic E-state index is 0.0323. The van der Waals surface area contributed by atoms with E-state index in [-0.39, 0.29) is 6.23 Å². The van der Waals surface area contributed by atoms with Gasteiger partial charge in [0.2, 0.25) is 0 Å². The molecule has 0 aliphatic carbocycles. The van der Waals surface area contributed by atoms with Crippen LogP contribution < -0.4 is 4.74 Å². The van der Waals surface area contributed by atoms with Gasteiger partial charge in [-0.15, -0.1) is 11.6 Å². The molecule has 3 heteroatoms. The Morgan fingerprint density at radius 1 is 1.16 bits per heavy atom. The average molecular weight is 278 g/mol. The number of hydrogen-bond acceptors (Lipinski definition) is 2. The van der Waals surface area contributed by atoms with E-state index in [1.54, 1.807) is 0 Å². The molecule has 2 aromatic carbocycles. The zero-order chi connectivity index (χ0) is 13.7. The molecule has 0 spiro atoms. The fraction of sp³-hybridized carbons (Fsp3) is 0.375. The van der Waals surface area contributed by atoms with Gasteiger partial charge in [0, 0.05) is 12.4 Å². The van der Waals surface area contributed by atoms with Crippen LogP contribution in [0.5, 0.6) is 5.75 Å². The third-order valence-corrected chi connectivity index (χ3v) is 3.49. The molecule has 0 saturated heterocycles. The lowest BCUT2D eigenvalue weighted by atomic mass is 10.1. The Labute approximate surface area is 119 Å². The van der Waals surface area contributed by atoms with Gasteiger partial charge in [0.25, 0.3) is 0 Å². The maximum atomic E-state index is 6.00. The Balaban J connectivity index is 2.11. The minimum Gasteiger partial charge on any atom is -0.475 e. The highest BCUT2D eigenvalue weighted by atomic mass is 35.5. The molecule has 2 nitrogen and oxygen atoms in total. The van der Waals surface area contributed by atoms with Crippen LogP contribution in [0.3, 0.4) is 0 Å². The van der Waals surface area contributed by atoms with E-state index in [9.17, 15) is 0 Å². The van der Waals surface area contributed by atoms with Crippen molar-refractivity contribution in [2.24, 2.45) is 0 Å². The first-order valence-corrected chi connectivity index (χ1v) is 7.23. The van der Waals surface area contributed by atoms with Crippen LogP contribution in [0.15, 0.2) is 42.5 Å². The summed E-state index contributed by atoms with van der Waals surface area (Å²) in [6, 6.07) is 14.5. The van der Waals surface area contributed by atoms with Gasteiger partial charge in [-0.2, -0.15) is 0 Å². The Bertz CT molecular complexity index is 529. The molecular weight excluding hydrogens is 258 g/mol. The second-order valence-corrected chi connectivity index (χ2v) is 4.92. The summed E-state index contributed by atoms with van der Waals surface area (Å²) in [5.74, 6) is 1.53. The van der Waals surface area contributed by atoms with E-state index in [2.05, 4.69) is 43.0 Å². The predicted molar refractivity (Wildman–Crippen MR) is 82.0 cm³/mol. The maximum absolute atomic E-state index is 6.00. The van der Waals surface area contributed by atoms with Gasteiger partial charge in [-0.05, 0) is 36.4 Å². The first-order chi connectivity index (χ1) is 9.24. The molecule has 0 heterocycles. The number of halogens is 1. The number of fused-ring (bicyclic) bond motifs is 1. The van der Waals surface area contributed by atoms with E-state index in [1.165, 1.54) is 10.8 Å². The third-order valence-electron chi connectivity index (χ3n) is 3.32. The summed E-state index contributed by atoms with van der Waals surface area (Å²) in [7, 11) is 0. The van der Waals surface area contributed by atoms with E-state index in [4.69, 9.17) is 16.3 Å². The highest BCUT2D eigenvalue weighted by Gasteiger charge is 2.12. The number of benzene rings is 2. The van der Waals surface area contributed by atoms with E-state index in [0.717, 1.165) is 18.8 Å². The standard InChI is InChI=1S/C16H20ClNO/c1-3-18(11-10-17)13(2)19-16-9-8-14-6-4-5-7-15(14)12-16/h4-9,12-13H,3,10-11H2,1-2H3. The first-order valence-electron chi connectivity index (χ1n) is 6.70. The van der Waals surface area contributed by atoms with Crippen molar-refractivity contribution < 1.29 is 4.74 Å². The van der Waals surface area contributed by atoms with Crippen molar-refractivity contribution in [2.45, 2.75) is 20.1 Å². The van der Waals surface area contributed by atoms with Gasteiger partial charge in [-0.1, -0.05) is 37.3 Å². The van der Waals surface area contributed by atoms with E-state index in [1.807, 2.05) is 18.2 Å². The van der Waals surface area contributed by atoms with Crippen molar-refractivity contribution in [1.29, 1.82) is 0 Å². The van der Waals surface area contributed by atoms with Crippen molar-refractivity contribution in [2.75, 3.05) is 19.0 Å². The van der Waals surface area contributed by atoms with Crippen LogP contribution in [0.1, 0.15) is 13.8 Å². The molecule has 102 valence electrons. The normalized spacial score (nSPS) is 12.8. The fourth-order valence-electron chi connectivity index (χ4n) is 2.22. The van der Waals surface area contributed by atoms with Crippen LogP contribution in [0.25, 0.3) is 10.8 Å². The fourth-order valence-corrected chi connectivity index (χ4v) is 2.43. The van der Waals surface area contributed by atoms with E-state index in [0.29, 0.717) is 5.88 Å². The molecule has 0 aliphatic heterocycles. The maximum Gasteiger partial charge on any atom is 0.149 e. The van der Waals surface area contributed by atoms with Crippen LogP contribution in [0.4, 0.5) is 0 Å². The van der Waals surface area contributed by atoms with E-state index >= 15 is 0 Å². The molecule has 0 aromatic heterocycles. The average Bonchev–Trinajstić information content (AvgIpc) is 2.44. The van der Waals surface area contributed by atoms with Gasteiger partial charge in [-0.3, -0.25) is 4.90 Å². The van der Waals surface area contributed by atoms with Gasteiger partial charge in [0.05, 0.1) is 0 Å². The lowest BCUT2D eigenvalue weighted by Crippen LogP contribution is -2.38. The van der Waals surface area contributed by atoms with Crippen LogP contribution in [0.2, 0.25) is 0 Å². The topological polar surface area (TPSA) is 12.5 Å². The van der Waals surface area contributed by atoms with Gasteiger partial charge < -0.3 is 4.74 Å². The number of alkyl halides is 1. The molecule has 1 unspecified atom stereocenters. The molecule has 2 rings (SSSR count). The molecule has 0 bridgehead atoms. The third kappa shape index (κ3) is 3.62. The summed E-state index contributed by atoms with van der Waals surface area (Å²) >= 11 is 5.80. The molecule has 0 aliphatic rings. The summed E-state index contributed by atoms with van der Waals surface area (Å²) in [6.45, 7) is 5.95. The second kappa shape index (κ2) is 6.78. The molecule has 2 aromatic rings. The van der Waals surface area contributed by atoms with Crippen molar-refractivity contribution in [1.82, 2.24) is 4.90 Å². The summed E-state index contributed by atoms with van der Waals surface area (Å²) < 4.78 is 6.00. The van der Waals surface area contributed by atoms with Crippen LogP contribution in [0, 0.1) is 0 Å². The quantitative estimate of drug-likeness (QED) is 0.582. The van der Waals surface area contributed by atoms with Crippen LogP contribution in [-0.4, -0.2) is 30.1 Å². The Kier molecular flexibility index (Phi) is 5.06. The molecular formula is C16H20ClNO. The van der Waals surface area contributed by atoms with Crippen molar-refractivity contribution >= 4 is 22.4 Å². The molecule has 0 fully saturated rings. The molecule has 1 atom stereocenters. The monoisotopic (exact) mass is 277 g/mol. The molecule has 19 heavy (non-hydrogen) atoms. The van der Waals surface area contributed by atoms with Crippen LogP contribution in [-0.2, 0) is 0 Å². The summed E-state index contributed by atoms with van der Waals surface area (Å²) in [5.41, 5.74) is 0. The molecule has 0 amide bonds.